The molecule has 0 fully saturated rings. The SMILES string of the molecule is CC(CC[Si](Cl)(Cl)Cl)CS(=O)(=O)N=[N+]=[N-]. The van der Waals surface area contributed by atoms with Crippen molar-refractivity contribution < 1.29 is 8.42 Å². The smallest absolute Gasteiger partial charge is 0.221 e. The van der Waals surface area contributed by atoms with Crippen LogP contribution in [0.4, 0.5) is 0 Å². The predicted molar refractivity (Wildman–Crippen MR) is 64.8 cm³/mol. The first-order chi connectivity index (χ1) is 6.66. The molecule has 88 valence electrons. The molecule has 0 aromatic rings. The quantitative estimate of drug-likeness (QED) is 0.248. The molecule has 0 spiro atoms. The third-order valence-corrected chi connectivity index (χ3v) is 5.45. The highest BCUT2D eigenvalue weighted by Crippen LogP contribution is 2.28. The maximum absolute atomic E-state index is 11.1. The highest BCUT2D eigenvalue weighted by molar-refractivity contribution is 7.90. The van der Waals surface area contributed by atoms with Gasteiger partial charge >= 0.3 is 6.00 Å². The molecule has 0 aliphatic rings. The maximum atomic E-state index is 11.1. The van der Waals surface area contributed by atoms with Crippen LogP contribution in [-0.2, 0) is 10.0 Å². The summed E-state index contributed by atoms with van der Waals surface area (Å²) in [6, 6.07) is -2.30. The molecule has 0 aromatic carbocycles. The van der Waals surface area contributed by atoms with Gasteiger partial charge in [-0.1, -0.05) is 6.92 Å². The van der Waals surface area contributed by atoms with Crippen LogP contribution in [0.15, 0.2) is 4.52 Å². The van der Waals surface area contributed by atoms with Crippen molar-refractivity contribution in [1.29, 1.82) is 0 Å². The molecule has 0 bridgehead atoms. The van der Waals surface area contributed by atoms with Crippen LogP contribution in [-0.4, -0.2) is 20.2 Å². The minimum absolute atomic E-state index is 0.191. The number of halogens is 3. The van der Waals surface area contributed by atoms with Crippen LogP contribution in [0.1, 0.15) is 13.3 Å². The molecular formula is C5H10Cl3N3O2SSi. The first-order valence-corrected chi connectivity index (χ1v) is 10.9. The average molecular weight is 311 g/mol. The van der Waals surface area contributed by atoms with Gasteiger partial charge in [0.2, 0.25) is 10.0 Å². The summed E-state index contributed by atoms with van der Waals surface area (Å²) in [6.45, 7) is 1.70. The monoisotopic (exact) mass is 309 g/mol. The van der Waals surface area contributed by atoms with Crippen molar-refractivity contribution in [2.24, 2.45) is 10.4 Å². The van der Waals surface area contributed by atoms with Crippen LogP contribution < -0.4 is 0 Å². The average Bonchev–Trinajstić information content (AvgIpc) is 1.98. The molecular weight excluding hydrogens is 301 g/mol. The molecule has 10 heteroatoms. The first kappa shape index (κ1) is 15.3. The molecule has 0 heterocycles. The first-order valence-electron chi connectivity index (χ1n) is 4.02. The summed E-state index contributed by atoms with van der Waals surface area (Å²) < 4.78 is 24.8. The topological polar surface area (TPSA) is 82.9 Å². The van der Waals surface area contributed by atoms with Gasteiger partial charge in [-0.2, -0.15) is 0 Å². The van der Waals surface area contributed by atoms with E-state index in [-0.39, 0.29) is 11.7 Å². The van der Waals surface area contributed by atoms with E-state index in [1.807, 2.05) is 0 Å². The second-order valence-corrected chi connectivity index (χ2v) is 14.1. The summed E-state index contributed by atoms with van der Waals surface area (Å²) in [5, 5.41) is 0. The maximum Gasteiger partial charge on any atom is 0.341 e. The van der Waals surface area contributed by atoms with E-state index in [9.17, 15) is 8.42 Å². The summed E-state index contributed by atoms with van der Waals surface area (Å²) in [4.78, 5) is 2.24. The number of nitrogens with zero attached hydrogens (tertiary/aromatic N) is 3. The Hall–Kier alpha value is 0.347. The summed E-state index contributed by atoms with van der Waals surface area (Å²) in [7, 11) is -3.70. The lowest BCUT2D eigenvalue weighted by Gasteiger charge is -2.12. The summed E-state index contributed by atoms with van der Waals surface area (Å²) >= 11 is 16.9. The van der Waals surface area contributed by atoms with Gasteiger partial charge in [-0.25, -0.2) is 8.42 Å². The molecule has 0 rings (SSSR count). The van der Waals surface area contributed by atoms with Crippen molar-refractivity contribution in [3.8, 4) is 0 Å². The Bertz CT molecular complexity index is 349. The van der Waals surface area contributed by atoms with Crippen molar-refractivity contribution >= 4 is 49.3 Å². The molecule has 0 aliphatic heterocycles. The Morgan fingerprint density at radius 1 is 1.47 bits per heavy atom. The van der Waals surface area contributed by atoms with Crippen LogP contribution in [0.2, 0.25) is 6.04 Å². The van der Waals surface area contributed by atoms with E-state index in [1.54, 1.807) is 6.92 Å². The largest absolute Gasteiger partial charge is 0.341 e. The van der Waals surface area contributed by atoms with Crippen LogP contribution >= 0.6 is 33.2 Å². The molecule has 0 aliphatic carbocycles. The van der Waals surface area contributed by atoms with Gasteiger partial charge < -0.3 is 0 Å². The van der Waals surface area contributed by atoms with Gasteiger partial charge in [-0.05, 0) is 23.9 Å². The fraction of sp³-hybridized carbons (Fsp3) is 1.00. The van der Waals surface area contributed by atoms with Crippen molar-refractivity contribution in [2.45, 2.75) is 19.4 Å². The van der Waals surface area contributed by atoms with Crippen molar-refractivity contribution in [3.05, 3.63) is 10.4 Å². The summed E-state index contributed by atoms with van der Waals surface area (Å²) in [6.07, 6.45) is 0.489. The number of hydrogen-bond acceptors (Lipinski definition) is 2. The van der Waals surface area contributed by atoms with Crippen molar-refractivity contribution in [1.82, 2.24) is 0 Å². The molecule has 0 N–H and O–H groups in total. The molecule has 1 atom stereocenters. The lowest BCUT2D eigenvalue weighted by atomic mass is 10.2. The third kappa shape index (κ3) is 9.29. The van der Waals surface area contributed by atoms with Gasteiger partial charge in [0.15, 0.2) is 0 Å². The van der Waals surface area contributed by atoms with E-state index < -0.39 is 16.0 Å². The highest BCUT2D eigenvalue weighted by Gasteiger charge is 2.26. The molecule has 0 aromatic heterocycles. The zero-order chi connectivity index (χ0) is 12.1. The molecule has 5 nitrogen and oxygen atoms in total. The Morgan fingerprint density at radius 2 is 2.00 bits per heavy atom. The second-order valence-electron chi connectivity index (χ2n) is 3.18. The Morgan fingerprint density at radius 3 is 2.40 bits per heavy atom. The van der Waals surface area contributed by atoms with E-state index in [0.717, 1.165) is 0 Å². The van der Waals surface area contributed by atoms with Crippen LogP contribution in [0, 0.1) is 5.92 Å². The Labute approximate surface area is 104 Å². The van der Waals surface area contributed by atoms with E-state index in [1.165, 1.54) is 0 Å². The van der Waals surface area contributed by atoms with Crippen LogP contribution in [0.3, 0.4) is 0 Å². The molecule has 15 heavy (non-hydrogen) atoms. The molecule has 1 unspecified atom stereocenters. The third-order valence-electron chi connectivity index (χ3n) is 1.58. The second kappa shape index (κ2) is 6.17. The lowest BCUT2D eigenvalue weighted by molar-refractivity contribution is 0.565. The molecule has 0 amide bonds. The zero-order valence-corrected chi connectivity index (χ0v) is 12.0. The van der Waals surface area contributed by atoms with Gasteiger partial charge in [0.1, 0.15) is 0 Å². The molecule has 0 saturated carbocycles. The minimum atomic E-state index is -3.70. The van der Waals surface area contributed by atoms with Gasteiger partial charge in [-0.3, -0.25) is 0 Å². The lowest BCUT2D eigenvalue weighted by Crippen LogP contribution is -2.15. The summed E-state index contributed by atoms with van der Waals surface area (Å²) in [5.74, 6) is -0.407. The predicted octanol–water partition coefficient (Wildman–Crippen LogP) is 3.31. The molecule has 0 radical (unpaired) electrons. The molecule has 0 saturated heterocycles. The highest BCUT2D eigenvalue weighted by atomic mass is 35.8. The minimum Gasteiger partial charge on any atom is -0.221 e. The zero-order valence-electron chi connectivity index (χ0n) is 7.90. The van der Waals surface area contributed by atoms with Crippen LogP contribution in [0.5, 0.6) is 0 Å². The number of azide groups is 1. The fourth-order valence-corrected chi connectivity index (χ4v) is 3.81. The number of hydrogen-bond donors (Lipinski definition) is 0. The van der Waals surface area contributed by atoms with E-state index in [2.05, 4.69) is 9.43 Å². The van der Waals surface area contributed by atoms with E-state index in [0.29, 0.717) is 12.5 Å². The standard InChI is InChI=1S/C5H10Cl3N3O2SSi/c1-5(2-3-15(6,7)8)4-14(12,13)11-10-9/h5H,2-4H2,1H3. The normalized spacial score (nSPS) is 14.4. The van der Waals surface area contributed by atoms with Crippen molar-refractivity contribution in [3.63, 3.8) is 0 Å². The van der Waals surface area contributed by atoms with Gasteiger partial charge in [0, 0.05) is 9.43 Å². The van der Waals surface area contributed by atoms with Gasteiger partial charge in [0.05, 0.1) is 5.75 Å². The van der Waals surface area contributed by atoms with Gasteiger partial charge in [0.25, 0.3) is 0 Å². The summed E-state index contributed by atoms with van der Waals surface area (Å²) in [5.41, 5.74) is 8.00. The Balaban J connectivity index is 4.16. The Kier molecular flexibility index (Phi) is 6.32. The van der Waals surface area contributed by atoms with E-state index in [4.69, 9.17) is 38.8 Å². The fourth-order valence-electron chi connectivity index (χ4n) is 0.942. The van der Waals surface area contributed by atoms with Crippen molar-refractivity contribution in [2.75, 3.05) is 5.75 Å². The number of rotatable bonds is 6. The number of sulfonamides is 1. The van der Waals surface area contributed by atoms with E-state index >= 15 is 0 Å². The van der Waals surface area contributed by atoms with Gasteiger partial charge in [-0.15, -0.1) is 33.2 Å². The van der Waals surface area contributed by atoms with Crippen LogP contribution in [0.25, 0.3) is 10.4 Å².